The lowest BCUT2D eigenvalue weighted by Gasteiger charge is -2.33. The Morgan fingerprint density at radius 1 is 1.18 bits per heavy atom. The Labute approximate surface area is 140 Å². The second kappa shape index (κ2) is 6.75. The summed E-state index contributed by atoms with van der Waals surface area (Å²) in [5.41, 5.74) is 1.05. The molecule has 0 radical (unpaired) electrons. The van der Waals surface area contributed by atoms with Gasteiger partial charge in [-0.15, -0.1) is 0 Å². The van der Waals surface area contributed by atoms with E-state index < -0.39 is 0 Å². The standard InChI is InChI=1S/C16H20Cl2N2O2/c17-13-2-1-10(9-14(13)18)12-3-6-19-15(12)16(22)20-7-4-11(21)5-8-20/h1-2,9,11-12,15,19,21H,3-8H2/t12-,15-/m1/s1. The summed E-state index contributed by atoms with van der Waals surface area (Å²) >= 11 is 12.1. The fraction of sp³-hybridized carbons (Fsp3) is 0.562. The van der Waals surface area contributed by atoms with Gasteiger partial charge in [0.1, 0.15) is 0 Å². The van der Waals surface area contributed by atoms with Gasteiger partial charge in [0.15, 0.2) is 0 Å². The number of hydrogen-bond acceptors (Lipinski definition) is 3. The number of carbonyl (C=O) groups is 1. The minimum Gasteiger partial charge on any atom is -0.393 e. The predicted molar refractivity (Wildman–Crippen MR) is 87.4 cm³/mol. The zero-order chi connectivity index (χ0) is 15.7. The number of likely N-dealkylation sites (tertiary alicyclic amines) is 1. The molecule has 2 saturated heterocycles. The summed E-state index contributed by atoms with van der Waals surface area (Å²) in [6.07, 6.45) is 1.96. The van der Waals surface area contributed by atoms with E-state index in [0.29, 0.717) is 36.0 Å². The molecule has 2 heterocycles. The van der Waals surface area contributed by atoms with E-state index in [4.69, 9.17) is 23.2 Å². The highest BCUT2D eigenvalue weighted by Crippen LogP contribution is 2.33. The quantitative estimate of drug-likeness (QED) is 0.867. The normalized spacial score (nSPS) is 26.4. The SMILES string of the molecule is O=C([C@@H]1NCC[C@@H]1c1ccc(Cl)c(Cl)c1)N1CCC(O)CC1. The molecular weight excluding hydrogens is 323 g/mol. The fourth-order valence-corrected chi connectivity index (χ4v) is 3.65. The first-order valence-electron chi connectivity index (χ1n) is 7.71. The van der Waals surface area contributed by atoms with Crippen LogP contribution in [0, 0.1) is 0 Å². The van der Waals surface area contributed by atoms with Gasteiger partial charge in [-0.05, 0) is 43.5 Å². The highest BCUT2D eigenvalue weighted by molar-refractivity contribution is 6.42. The van der Waals surface area contributed by atoms with Crippen LogP contribution in [0.5, 0.6) is 0 Å². The highest BCUT2D eigenvalue weighted by Gasteiger charge is 2.37. The van der Waals surface area contributed by atoms with Crippen LogP contribution in [-0.2, 0) is 4.79 Å². The minimum absolute atomic E-state index is 0.120. The smallest absolute Gasteiger partial charge is 0.240 e. The molecule has 0 bridgehead atoms. The summed E-state index contributed by atoms with van der Waals surface area (Å²) in [6.45, 7) is 2.08. The summed E-state index contributed by atoms with van der Waals surface area (Å²) in [5.74, 6) is 0.245. The Morgan fingerprint density at radius 3 is 2.59 bits per heavy atom. The maximum Gasteiger partial charge on any atom is 0.240 e. The van der Waals surface area contributed by atoms with Crippen LogP contribution in [0.4, 0.5) is 0 Å². The van der Waals surface area contributed by atoms with Gasteiger partial charge in [-0.1, -0.05) is 29.3 Å². The second-order valence-corrected chi connectivity index (χ2v) is 6.87. The third kappa shape index (κ3) is 3.25. The summed E-state index contributed by atoms with van der Waals surface area (Å²) in [6, 6.07) is 5.39. The molecule has 0 saturated carbocycles. The Bertz CT molecular complexity index is 559. The first kappa shape index (κ1) is 16.1. The molecule has 0 spiro atoms. The van der Waals surface area contributed by atoms with Crippen LogP contribution in [0.15, 0.2) is 18.2 Å². The van der Waals surface area contributed by atoms with E-state index in [-0.39, 0.29) is 24.0 Å². The number of nitrogens with one attached hydrogen (secondary N) is 1. The van der Waals surface area contributed by atoms with Gasteiger partial charge >= 0.3 is 0 Å². The topological polar surface area (TPSA) is 52.6 Å². The van der Waals surface area contributed by atoms with Gasteiger partial charge in [-0.2, -0.15) is 0 Å². The maximum atomic E-state index is 12.8. The molecule has 2 N–H and O–H groups in total. The van der Waals surface area contributed by atoms with Crippen molar-refractivity contribution in [2.75, 3.05) is 19.6 Å². The van der Waals surface area contributed by atoms with Crippen molar-refractivity contribution in [1.29, 1.82) is 0 Å². The van der Waals surface area contributed by atoms with Gasteiger partial charge in [-0.25, -0.2) is 0 Å². The van der Waals surface area contributed by atoms with Crippen LogP contribution in [0.2, 0.25) is 10.0 Å². The number of hydrogen-bond donors (Lipinski definition) is 2. The fourth-order valence-electron chi connectivity index (χ4n) is 3.35. The number of rotatable bonds is 2. The minimum atomic E-state index is -0.272. The molecule has 120 valence electrons. The van der Waals surface area contributed by atoms with Gasteiger partial charge < -0.3 is 15.3 Å². The van der Waals surface area contributed by atoms with Gasteiger partial charge in [0.05, 0.1) is 22.2 Å². The number of aliphatic hydroxyl groups is 1. The van der Waals surface area contributed by atoms with Crippen molar-refractivity contribution >= 4 is 29.1 Å². The van der Waals surface area contributed by atoms with E-state index in [2.05, 4.69) is 5.32 Å². The van der Waals surface area contributed by atoms with E-state index >= 15 is 0 Å². The number of piperidine rings is 1. The molecule has 3 rings (SSSR count). The van der Waals surface area contributed by atoms with Crippen LogP contribution in [-0.4, -0.2) is 47.7 Å². The predicted octanol–water partition coefficient (Wildman–Crippen LogP) is 2.42. The van der Waals surface area contributed by atoms with Crippen LogP contribution in [0.25, 0.3) is 0 Å². The summed E-state index contributed by atoms with van der Waals surface area (Å²) in [7, 11) is 0. The van der Waals surface area contributed by atoms with Crippen molar-refractivity contribution in [2.45, 2.75) is 37.3 Å². The Hall–Kier alpha value is -0.810. The molecule has 2 atom stereocenters. The first-order chi connectivity index (χ1) is 10.6. The third-order valence-electron chi connectivity index (χ3n) is 4.64. The van der Waals surface area contributed by atoms with E-state index in [9.17, 15) is 9.90 Å². The lowest BCUT2D eigenvalue weighted by atomic mass is 9.90. The van der Waals surface area contributed by atoms with Gasteiger partial charge in [-0.3, -0.25) is 4.79 Å². The number of nitrogens with zero attached hydrogens (tertiary/aromatic N) is 1. The van der Waals surface area contributed by atoms with E-state index in [0.717, 1.165) is 18.5 Å². The molecular formula is C16H20Cl2N2O2. The average molecular weight is 343 g/mol. The monoisotopic (exact) mass is 342 g/mol. The lowest BCUT2D eigenvalue weighted by Crippen LogP contribution is -2.49. The van der Waals surface area contributed by atoms with Gasteiger partial charge in [0.25, 0.3) is 0 Å². The molecule has 1 amide bonds. The zero-order valence-corrected chi connectivity index (χ0v) is 13.8. The Balaban J connectivity index is 1.75. The highest BCUT2D eigenvalue weighted by atomic mass is 35.5. The number of carbonyl (C=O) groups excluding carboxylic acids is 1. The van der Waals surface area contributed by atoms with Crippen molar-refractivity contribution in [2.24, 2.45) is 0 Å². The Morgan fingerprint density at radius 2 is 1.91 bits per heavy atom. The molecule has 0 aromatic heterocycles. The van der Waals surface area contributed by atoms with Crippen molar-refractivity contribution in [3.8, 4) is 0 Å². The Kier molecular flexibility index (Phi) is 4.93. The van der Waals surface area contributed by atoms with Gasteiger partial charge in [0.2, 0.25) is 5.91 Å². The molecule has 6 heteroatoms. The molecule has 0 aliphatic carbocycles. The second-order valence-electron chi connectivity index (χ2n) is 6.06. The first-order valence-corrected chi connectivity index (χ1v) is 8.47. The van der Waals surface area contributed by atoms with E-state index in [1.54, 1.807) is 6.07 Å². The van der Waals surface area contributed by atoms with Crippen LogP contribution >= 0.6 is 23.2 Å². The summed E-state index contributed by atoms with van der Waals surface area (Å²) < 4.78 is 0. The number of benzene rings is 1. The van der Waals surface area contributed by atoms with Crippen molar-refractivity contribution in [1.82, 2.24) is 10.2 Å². The summed E-state index contributed by atoms with van der Waals surface area (Å²) in [5, 5.41) is 14.0. The molecule has 4 nitrogen and oxygen atoms in total. The van der Waals surface area contributed by atoms with Gasteiger partial charge in [0, 0.05) is 19.0 Å². The van der Waals surface area contributed by atoms with Crippen LogP contribution in [0.3, 0.4) is 0 Å². The third-order valence-corrected chi connectivity index (χ3v) is 5.38. The van der Waals surface area contributed by atoms with Crippen molar-refractivity contribution < 1.29 is 9.90 Å². The molecule has 1 aromatic carbocycles. The van der Waals surface area contributed by atoms with Crippen LogP contribution < -0.4 is 5.32 Å². The molecule has 22 heavy (non-hydrogen) atoms. The molecule has 2 aliphatic heterocycles. The van der Waals surface area contributed by atoms with Crippen molar-refractivity contribution in [3.05, 3.63) is 33.8 Å². The zero-order valence-electron chi connectivity index (χ0n) is 12.3. The average Bonchev–Trinajstić information content (AvgIpc) is 2.99. The maximum absolute atomic E-state index is 12.8. The summed E-state index contributed by atoms with van der Waals surface area (Å²) in [4.78, 5) is 14.6. The number of halogens is 2. The molecule has 1 aromatic rings. The lowest BCUT2D eigenvalue weighted by molar-refractivity contribution is -0.135. The van der Waals surface area contributed by atoms with E-state index in [1.807, 2.05) is 17.0 Å². The molecule has 0 unspecified atom stereocenters. The number of aliphatic hydroxyl groups excluding tert-OH is 1. The molecule has 2 aliphatic rings. The molecule has 2 fully saturated rings. The number of amides is 1. The van der Waals surface area contributed by atoms with Crippen molar-refractivity contribution in [3.63, 3.8) is 0 Å². The van der Waals surface area contributed by atoms with Crippen LogP contribution in [0.1, 0.15) is 30.7 Å². The van der Waals surface area contributed by atoms with E-state index in [1.165, 1.54) is 0 Å². The largest absolute Gasteiger partial charge is 0.393 e.